The number of nitrogens with one attached hydrogen (secondary N) is 2. The van der Waals surface area contributed by atoms with E-state index in [1.165, 1.54) is 24.2 Å². The predicted molar refractivity (Wildman–Crippen MR) is 130 cm³/mol. The molecule has 0 radical (unpaired) electrons. The lowest BCUT2D eigenvalue weighted by atomic mass is 9.80. The van der Waals surface area contributed by atoms with Crippen LogP contribution in [0.1, 0.15) is 46.7 Å². The van der Waals surface area contributed by atoms with E-state index in [-0.39, 0.29) is 28.2 Å². The van der Waals surface area contributed by atoms with Crippen LogP contribution in [0.2, 0.25) is 0 Å². The van der Waals surface area contributed by atoms with Gasteiger partial charge in [0.2, 0.25) is 5.43 Å². The monoisotopic (exact) mass is 533 g/mol. The van der Waals surface area contributed by atoms with Crippen molar-refractivity contribution in [1.29, 1.82) is 0 Å². The molecule has 4 N–H and O–H groups in total. The number of carboxylic acids is 1. The lowest BCUT2D eigenvalue weighted by Gasteiger charge is -2.45. The smallest absolute Gasteiger partial charge is 0.306 e. The molecule has 4 rings (SSSR count). The number of carbonyl (C=O) groups excluding carboxylic acids is 1. The molecular formula is C24H25F2N5O5S. The molecule has 1 aliphatic carbocycles. The van der Waals surface area contributed by atoms with Gasteiger partial charge in [0.05, 0.1) is 17.1 Å². The van der Waals surface area contributed by atoms with Crippen molar-refractivity contribution >= 4 is 23.2 Å². The molecule has 2 aromatic heterocycles. The predicted octanol–water partition coefficient (Wildman–Crippen LogP) is 2.73. The number of H-pyrrole nitrogens is 1. The summed E-state index contributed by atoms with van der Waals surface area (Å²) in [5.74, 6) is -4.23. The Balaban J connectivity index is 1.55. The summed E-state index contributed by atoms with van der Waals surface area (Å²) in [5.41, 5.74) is -1.80. The minimum absolute atomic E-state index is 0.0228. The summed E-state index contributed by atoms with van der Waals surface area (Å²) in [6.07, 6.45) is 2.79. The Hall–Kier alpha value is -3.71. The minimum atomic E-state index is -0.876. The van der Waals surface area contributed by atoms with E-state index < -0.39 is 46.3 Å². The third-order valence-corrected chi connectivity index (χ3v) is 7.86. The number of pyridine rings is 1. The number of aromatic hydroxyl groups is 1. The Morgan fingerprint density at radius 2 is 1.97 bits per heavy atom. The van der Waals surface area contributed by atoms with E-state index >= 15 is 0 Å². The van der Waals surface area contributed by atoms with Crippen LogP contribution < -0.4 is 10.7 Å². The summed E-state index contributed by atoms with van der Waals surface area (Å²) in [5, 5.41) is 31.4. The van der Waals surface area contributed by atoms with Crippen LogP contribution in [-0.2, 0) is 11.2 Å². The highest BCUT2D eigenvalue weighted by Gasteiger charge is 2.42. The standard InChI is InChI=1S/C24H25F2N5O5S/c1-27-24(7-5-12(6-8-24)23(35)36)31(2)22(34)18-20(33)19(32)15(11-28-18)21-30-29-17(37-21)9-13-3-4-14(25)10-16(13)26/h3-4,10-12,27,33H,5-9H2,1-2H3,(H,28,32)(H,35,36). The molecular weight excluding hydrogens is 508 g/mol. The maximum absolute atomic E-state index is 14.0. The average molecular weight is 534 g/mol. The number of amides is 1. The SMILES string of the molecule is CNC1(N(C)C(=O)c2[nH]cc(-c3nnc(Cc4ccc(F)cc4F)s3)c(=O)c2O)CCC(C(=O)O)CC1. The molecule has 1 aliphatic rings. The van der Waals surface area contributed by atoms with Gasteiger partial charge in [-0.15, -0.1) is 10.2 Å². The Labute approximate surface area is 214 Å². The van der Waals surface area contributed by atoms with Gasteiger partial charge in [0.15, 0.2) is 16.5 Å². The summed E-state index contributed by atoms with van der Waals surface area (Å²) >= 11 is 0.998. The maximum atomic E-state index is 14.0. The van der Waals surface area contributed by atoms with E-state index in [0.717, 1.165) is 23.5 Å². The number of hydrogen-bond acceptors (Lipinski definition) is 8. The van der Waals surface area contributed by atoms with Gasteiger partial charge in [-0.05, 0) is 44.4 Å². The van der Waals surface area contributed by atoms with Crippen LogP contribution in [0.4, 0.5) is 8.78 Å². The number of nitrogens with zero attached hydrogens (tertiary/aromatic N) is 3. The zero-order valence-electron chi connectivity index (χ0n) is 20.0. The second-order valence-corrected chi connectivity index (χ2v) is 9.99. The number of halogens is 2. The molecule has 1 amide bonds. The first-order chi connectivity index (χ1) is 17.6. The van der Waals surface area contributed by atoms with Gasteiger partial charge < -0.3 is 20.1 Å². The molecule has 37 heavy (non-hydrogen) atoms. The summed E-state index contributed by atoms with van der Waals surface area (Å²) in [4.78, 5) is 41.6. The Morgan fingerprint density at radius 1 is 1.27 bits per heavy atom. The Morgan fingerprint density at radius 3 is 2.59 bits per heavy atom. The maximum Gasteiger partial charge on any atom is 0.306 e. The highest BCUT2D eigenvalue weighted by atomic mass is 32.1. The van der Waals surface area contributed by atoms with Crippen molar-refractivity contribution in [2.45, 2.75) is 37.8 Å². The Bertz CT molecular complexity index is 1400. The van der Waals surface area contributed by atoms with Crippen molar-refractivity contribution in [3.05, 3.63) is 62.5 Å². The van der Waals surface area contributed by atoms with Crippen LogP contribution in [0.3, 0.4) is 0 Å². The third kappa shape index (κ3) is 5.09. The second-order valence-electron chi connectivity index (χ2n) is 8.93. The third-order valence-electron chi connectivity index (χ3n) is 6.90. The van der Waals surface area contributed by atoms with Crippen molar-refractivity contribution in [3.8, 4) is 16.3 Å². The highest BCUT2D eigenvalue weighted by molar-refractivity contribution is 7.14. The molecule has 0 atom stereocenters. The van der Waals surface area contributed by atoms with Crippen molar-refractivity contribution in [1.82, 2.24) is 25.4 Å². The molecule has 0 bridgehead atoms. The fraction of sp³-hybridized carbons (Fsp3) is 0.375. The first-order valence-corrected chi connectivity index (χ1v) is 12.3. The van der Waals surface area contributed by atoms with E-state index in [0.29, 0.717) is 30.7 Å². The molecule has 3 aromatic rings. The average Bonchev–Trinajstić information content (AvgIpc) is 3.34. The molecule has 0 aliphatic heterocycles. The van der Waals surface area contributed by atoms with E-state index in [4.69, 9.17) is 0 Å². The number of rotatable bonds is 7. The molecule has 196 valence electrons. The van der Waals surface area contributed by atoms with Gasteiger partial charge in [-0.25, -0.2) is 8.78 Å². The molecule has 10 nitrogen and oxygen atoms in total. The molecule has 0 saturated heterocycles. The summed E-state index contributed by atoms with van der Waals surface area (Å²) in [6.45, 7) is 0. The van der Waals surface area contributed by atoms with Crippen LogP contribution in [0.25, 0.3) is 10.6 Å². The zero-order chi connectivity index (χ0) is 26.9. The summed E-state index contributed by atoms with van der Waals surface area (Å²) < 4.78 is 27.1. The van der Waals surface area contributed by atoms with Crippen LogP contribution >= 0.6 is 11.3 Å². The van der Waals surface area contributed by atoms with Crippen molar-refractivity contribution in [2.24, 2.45) is 5.92 Å². The van der Waals surface area contributed by atoms with Gasteiger partial charge in [-0.2, -0.15) is 0 Å². The number of aromatic amines is 1. The summed E-state index contributed by atoms with van der Waals surface area (Å²) in [6, 6.07) is 3.20. The van der Waals surface area contributed by atoms with E-state index in [1.807, 2.05) is 0 Å². The molecule has 13 heteroatoms. The largest absolute Gasteiger partial charge is 0.503 e. The van der Waals surface area contributed by atoms with Gasteiger partial charge in [0.1, 0.15) is 16.6 Å². The molecule has 1 fully saturated rings. The lowest BCUT2D eigenvalue weighted by molar-refractivity contribution is -0.143. The fourth-order valence-electron chi connectivity index (χ4n) is 4.56. The first-order valence-electron chi connectivity index (χ1n) is 11.5. The molecule has 0 unspecified atom stereocenters. The van der Waals surface area contributed by atoms with Gasteiger partial charge in [-0.1, -0.05) is 17.4 Å². The van der Waals surface area contributed by atoms with E-state index in [1.54, 1.807) is 7.05 Å². The molecule has 1 saturated carbocycles. The van der Waals surface area contributed by atoms with Crippen molar-refractivity contribution in [2.75, 3.05) is 14.1 Å². The second kappa shape index (κ2) is 10.3. The highest BCUT2D eigenvalue weighted by Crippen LogP contribution is 2.35. The van der Waals surface area contributed by atoms with Gasteiger partial charge in [-0.3, -0.25) is 19.7 Å². The topological polar surface area (TPSA) is 149 Å². The number of benzene rings is 1. The zero-order valence-corrected chi connectivity index (χ0v) is 20.9. The van der Waals surface area contributed by atoms with Crippen LogP contribution in [0.5, 0.6) is 5.75 Å². The molecule has 2 heterocycles. The van der Waals surface area contributed by atoms with Crippen LogP contribution in [0, 0.1) is 17.6 Å². The van der Waals surface area contributed by atoms with E-state index in [9.17, 15) is 33.4 Å². The molecule has 0 spiro atoms. The minimum Gasteiger partial charge on any atom is -0.503 e. The van der Waals surface area contributed by atoms with Crippen LogP contribution in [-0.4, -0.2) is 61.9 Å². The number of carbonyl (C=O) groups is 2. The molecule has 1 aromatic carbocycles. The van der Waals surface area contributed by atoms with Gasteiger partial charge >= 0.3 is 5.97 Å². The lowest BCUT2D eigenvalue weighted by Crippen LogP contribution is -2.60. The van der Waals surface area contributed by atoms with Gasteiger partial charge in [0, 0.05) is 25.7 Å². The summed E-state index contributed by atoms with van der Waals surface area (Å²) in [7, 11) is 3.19. The number of aliphatic carboxylic acids is 1. The van der Waals surface area contributed by atoms with Crippen molar-refractivity contribution < 1.29 is 28.6 Å². The van der Waals surface area contributed by atoms with Gasteiger partial charge in [0.25, 0.3) is 5.91 Å². The first kappa shape index (κ1) is 26.4. The number of carboxylic acid groups (broad SMARTS) is 1. The normalized spacial score (nSPS) is 19.5. The van der Waals surface area contributed by atoms with Crippen LogP contribution in [0.15, 0.2) is 29.2 Å². The number of hydrogen-bond donors (Lipinski definition) is 4. The quantitative estimate of drug-likeness (QED) is 0.339. The number of aromatic nitrogens is 3. The van der Waals surface area contributed by atoms with Crippen molar-refractivity contribution in [3.63, 3.8) is 0 Å². The van der Waals surface area contributed by atoms with E-state index in [2.05, 4.69) is 20.5 Å². The Kier molecular flexibility index (Phi) is 7.37. The fourth-order valence-corrected chi connectivity index (χ4v) is 5.44.